The van der Waals surface area contributed by atoms with Crippen molar-refractivity contribution >= 4 is 129 Å². The fraction of sp³-hybridized carbons (Fsp3) is 0.529. The van der Waals surface area contributed by atoms with E-state index in [0.29, 0.717) is 49.5 Å². The number of imide groups is 1. The minimum atomic E-state index is -1.05. The summed E-state index contributed by atoms with van der Waals surface area (Å²) in [6, 6.07) is 29.6. The van der Waals surface area contributed by atoms with Crippen LogP contribution in [-0.2, 0) is 43.1 Å². The maximum atomic E-state index is 13.2. The molecule has 3 heterocycles. The predicted octanol–water partition coefficient (Wildman–Crippen LogP) is 9.73. The molecule has 7 N–H and O–H groups in total. The summed E-state index contributed by atoms with van der Waals surface area (Å²) in [6.45, 7) is 28.3. The number of hydrogen-bond acceptors (Lipinski definition) is 15. The third-order valence-electron chi connectivity index (χ3n) is 16.3. The van der Waals surface area contributed by atoms with Crippen LogP contribution in [0.2, 0.25) is 0 Å². The van der Waals surface area contributed by atoms with Crippen molar-refractivity contribution in [1.29, 1.82) is 0 Å². The van der Waals surface area contributed by atoms with Crippen molar-refractivity contribution in [1.82, 2.24) is 35.7 Å². The van der Waals surface area contributed by atoms with Crippen LogP contribution in [0.15, 0.2) is 97.1 Å². The summed E-state index contributed by atoms with van der Waals surface area (Å²) >= 11 is 0. The number of hydrogen-bond donors (Lipinski definition) is 6. The second kappa shape index (κ2) is 40.3. The van der Waals surface area contributed by atoms with Gasteiger partial charge in [-0.2, -0.15) is 81.0 Å². The Labute approximate surface area is 603 Å². The summed E-state index contributed by atoms with van der Waals surface area (Å²) in [7, 11) is 0. The molecule has 0 bridgehead atoms. The van der Waals surface area contributed by atoms with Crippen molar-refractivity contribution in [3.05, 3.63) is 119 Å². The number of aliphatic carboxylic acids is 2. The summed E-state index contributed by atoms with van der Waals surface area (Å²) in [4.78, 5) is 107. The second-order valence-corrected chi connectivity index (χ2v) is 25.9. The number of carboxylic acid groups (broad SMARTS) is 2. The lowest BCUT2D eigenvalue weighted by Gasteiger charge is -2.36. The highest BCUT2D eigenvalue weighted by atomic mass is 32.1. The monoisotopic (exact) mass is 1430 g/mol. The van der Waals surface area contributed by atoms with Crippen LogP contribution in [0.4, 0.5) is 9.59 Å². The zero-order valence-corrected chi connectivity index (χ0v) is 63.0. The van der Waals surface area contributed by atoms with E-state index in [1.54, 1.807) is 23.6 Å². The minimum Gasteiger partial charge on any atom is -0.480 e. The number of carbonyl (C=O) groups excluding carboxylic acids is 6. The summed E-state index contributed by atoms with van der Waals surface area (Å²) < 4.78 is 10.9. The first-order valence-corrected chi connectivity index (χ1v) is 31.1. The Balaban J connectivity index is 0.00000132. The largest absolute Gasteiger partial charge is 0.533 e. The SMILES string of the molecule is CCN(C(C)C)C(C)C.C[C@H](N)[C@@H](C(=O)NC(C)(C)C)N1CCC[C@H]1C(=O)O.C[C@H](NC(=O)OCC1c2ccccc2-c2ccccc21)[C@@H](C(=O)NC(C)(C)C)N1CCC[C@H]1C(=O)O.O=C(OCC1c2ccccc2-c2ccccc21)ON1C(=O)CCC1=O.S.S.S.S.S.S. The first-order chi connectivity index (χ1) is 41.9. The highest BCUT2D eigenvalue weighted by Gasteiger charge is 2.44. The van der Waals surface area contributed by atoms with Gasteiger partial charge in [0.1, 0.15) is 37.4 Å². The molecule has 0 aromatic heterocycles. The van der Waals surface area contributed by atoms with Gasteiger partial charge >= 0.3 is 24.2 Å². The van der Waals surface area contributed by atoms with Gasteiger partial charge in [0.25, 0.3) is 11.8 Å². The van der Waals surface area contributed by atoms with Crippen molar-refractivity contribution in [2.45, 2.75) is 200 Å². The van der Waals surface area contributed by atoms with Crippen LogP contribution in [0, 0.1) is 0 Å². The molecule has 27 heteroatoms. The van der Waals surface area contributed by atoms with Crippen LogP contribution >= 0.6 is 81.0 Å². The maximum Gasteiger partial charge on any atom is 0.533 e. The van der Waals surface area contributed by atoms with Gasteiger partial charge in [-0.1, -0.05) is 109 Å². The van der Waals surface area contributed by atoms with E-state index in [1.807, 2.05) is 114 Å². The molecule has 4 aromatic carbocycles. The Morgan fingerprint density at radius 3 is 1.21 bits per heavy atom. The van der Waals surface area contributed by atoms with E-state index in [0.717, 1.165) is 57.5 Å². The lowest BCUT2D eigenvalue weighted by atomic mass is 9.98. The van der Waals surface area contributed by atoms with E-state index in [1.165, 1.54) is 0 Å². The minimum absolute atomic E-state index is 0. The summed E-state index contributed by atoms with van der Waals surface area (Å²) in [6.07, 6.45) is 0.907. The van der Waals surface area contributed by atoms with Crippen molar-refractivity contribution in [3.63, 3.8) is 0 Å². The quantitative estimate of drug-likeness (QED) is 0.0424. The first-order valence-electron chi connectivity index (χ1n) is 31.1. The molecule has 0 spiro atoms. The molecule has 95 heavy (non-hydrogen) atoms. The zero-order valence-electron chi connectivity index (χ0n) is 57.0. The van der Waals surface area contributed by atoms with Crippen LogP contribution in [-0.4, -0.2) is 170 Å². The van der Waals surface area contributed by atoms with E-state index >= 15 is 0 Å². The molecule has 9 rings (SSSR count). The predicted molar refractivity (Wildman–Crippen MR) is 402 cm³/mol. The van der Waals surface area contributed by atoms with Crippen LogP contribution in [0.1, 0.15) is 163 Å². The second-order valence-electron chi connectivity index (χ2n) is 25.9. The number of fused-ring (bicyclic) bond motifs is 6. The molecule has 0 unspecified atom stereocenters. The Kier molecular flexibility index (Phi) is 37.9. The molecular weight excluding hydrogens is 1330 g/mol. The summed E-state index contributed by atoms with van der Waals surface area (Å²) in [5.74, 6) is -3.60. The number of benzene rings is 4. The highest BCUT2D eigenvalue weighted by Crippen LogP contribution is 2.46. The lowest BCUT2D eigenvalue weighted by Crippen LogP contribution is -2.61. The number of ether oxygens (including phenoxy) is 2. The molecule has 6 atom stereocenters. The van der Waals surface area contributed by atoms with Crippen LogP contribution < -0.4 is 21.7 Å². The van der Waals surface area contributed by atoms with Crippen molar-refractivity contribution < 1.29 is 62.9 Å². The number of amides is 5. The van der Waals surface area contributed by atoms with E-state index in [-0.39, 0.29) is 136 Å². The fourth-order valence-electron chi connectivity index (χ4n) is 12.6. The highest BCUT2D eigenvalue weighted by molar-refractivity contribution is 7.60. The molecular formula is C68H106N8O13S6. The van der Waals surface area contributed by atoms with Gasteiger partial charge in [0.05, 0.1) is 6.04 Å². The Morgan fingerprint density at radius 1 is 0.558 bits per heavy atom. The smallest absolute Gasteiger partial charge is 0.480 e. The molecule has 532 valence electrons. The molecule has 0 radical (unpaired) electrons. The van der Waals surface area contributed by atoms with Crippen molar-refractivity contribution in [2.24, 2.45) is 5.73 Å². The van der Waals surface area contributed by atoms with E-state index in [9.17, 15) is 48.6 Å². The van der Waals surface area contributed by atoms with Crippen LogP contribution in [0.5, 0.6) is 0 Å². The summed E-state index contributed by atoms with van der Waals surface area (Å²) in [5, 5.41) is 28.0. The fourth-order valence-corrected chi connectivity index (χ4v) is 12.6. The van der Waals surface area contributed by atoms with Gasteiger partial charge in [-0.15, -0.1) is 0 Å². The molecule has 2 aliphatic carbocycles. The molecule has 5 aliphatic rings. The van der Waals surface area contributed by atoms with Crippen LogP contribution in [0.25, 0.3) is 22.3 Å². The van der Waals surface area contributed by atoms with E-state index in [2.05, 4.69) is 79.7 Å². The number of alkyl carbamates (subject to hydrolysis) is 1. The number of nitrogens with two attached hydrogens (primary N) is 1. The Hall–Kier alpha value is -5.62. The van der Waals surface area contributed by atoms with Gasteiger partial charge in [0.2, 0.25) is 11.8 Å². The van der Waals surface area contributed by atoms with Gasteiger partial charge in [-0.05, 0) is 173 Å². The third kappa shape index (κ3) is 24.1. The third-order valence-corrected chi connectivity index (χ3v) is 16.3. The molecule has 3 aliphatic heterocycles. The van der Waals surface area contributed by atoms with Gasteiger partial charge in [0.15, 0.2) is 0 Å². The number of nitrogens with zero attached hydrogens (tertiary/aromatic N) is 4. The number of hydroxylamine groups is 2. The van der Waals surface area contributed by atoms with E-state index < -0.39 is 77.8 Å². The summed E-state index contributed by atoms with van der Waals surface area (Å²) in [5.41, 5.74) is 13.9. The van der Waals surface area contributed by atoms with Gasteiger partial charge in [0, 0.05) is 53.9 Å². The standard InChI is InChI=1S/C28H35N3O5.C19H15NO5.C13H25N3O3.C8H19N.6H2S/c1-17(24(25(32)30-28(2,3)4)31-15-9-14-23(31)26(33)34)29-27(35)36-16-22-20-12-7-5-10-18(20)19-11-6-8-13-21(19)22;21-17-9-10-18(22)20(17)25-19(23)24-11-16-14-7-3-1-5-12(14)13-6-2-4-8-15(13)16;1-8(14)10(11(17)15-13(2,3)4)16-7-5-6-9(16)12(18)19;1-6-9(7(2)3)8(4)5;;;;;;/h5-8,10-13,17,22-24H,9,14-16H2,1-4H3,(H,29,35)(H,30,32)(H,33,34);1-8,16H,9-11H2;8-10H,5-7,14H2,1-4H3,(H,15,17)(H,18,19);7-8H,6H2,1-5H3;6*1H2/t17-,23-,24-;;8-,9-,10-;;;;;;;/m0.0......./s1. The number of likely N-dealkylation sites (tertiary alicyclic amines) is 2. The first kappa shape index (κ1) is 89.4. The van der Waals surface area contributed by atoms with Gasteiger partial charge in [-0.25, -0.2) is 9.59 Å². The van der Waals surface area contributed by atoms with Gasteiger partial charge in [-0.3, -0.25) is 48.3 Å². The number of rotatable bonds is 17. The normalized spacial score (nSPS) is 17.4. The zero-order chi connectivity index (χ0) is 65.7. The molecule has 4 aromatic rings. The molecule has 3 saturated heterocycles. The number of nitrogens with one attached hydrogen (secondary N) is 3. The Morgan fingerprint density at radius 2 is 0.895 bits per heavy atom. The van der Waals surface area contributed by atoms with Crippen molar-refractivity contribution in [2.75, 3.05) is 32.8 Å². The van der Waals surface area contributed by atoms with Crippen LogP contribution in [0.3, 0.4) is 0 Å². The Bertz CT molecular complexity index is 3050. The molecule has 5 amide bonds. The molecule has 3 fully saturated rings. The van der Waals surface area contributed by atoms with Gasteiger partial charge < -0.3 is 41.4 Å². The molecule has 0 saturated carbocycles. The number of carboxylic acids is 2. The lowest BCUT2D eigenvalue weighted by molar-refractivity contribution is -0.177. The average Bonchev–Trinajstić information content (AvgIpc) is 1.64. The average molecular weight is 1440 g/mol. The maximum absolute atomic E-state index is 13.2. The van der Waals surface area contributed by atoms with Crippen molar-refractivity contribution in [3.8, 4) is 22.3 Å². The topological polar surface area (TPSA) is 280 Å². The molecule has 21 nitrogen and oxygen atoms in total. The van der Waals surface area contributed by atoms with E-state index in [4.69, 9.17) is 20.0 Å². The number of carbonyl (C=O) groups is 8.